The molecule has 18 heavy (non-hydrogen) atoms. The Morgan fingerprint density at radius 3 is 2.67 bits per heavy atom. The molecule has 0 aromatic rings. The Balaban J connectivity index is 2.03. The van der Waals surface area contributed by atoms with Crippen LogP contribution in [-0.4, -0.2) is 50.7 Å². The summed E-state index contributed by atoms with van der Waals surface area (Å²) in [5.41, 5.74) is -0.319. The first-order valence-corrected chi connectivity index (χ1v) is 7.16. The lowest BCUT2D eigenvalue weighted by atomic mass is 9.84. The predicted octanol–water partition coefficient (Wildman–Crippen LogP) is 1.40. The summed E-state index contributed by atoms with van der Waals surface area (Å²) >= 11 is 0. The number of amides is 1. The summed E-state index contributed by atoms with van der Waals surface area (Å²) in [4.78, 5) is 14.8. The van der Waals surface area contributed by atoms with Crippen molar-refractivity contribution >= 4 is 5.91 Å². The maximum Gasteiger partial charge on any atom is 0.232 e. The van der Waals surface area contributed by atoms with Gasteiger partial charge in [0.15, 0.2) is 0 Å². The number of methoxy groups -OCH3 is 1. The highest BCUT2D eigenvalue weighted by Gasteiger charge is 2.44. The fourth-order valence-corrected chi connectivity index (χ4v) is 3.40. The van der Waals surface area contributed by atoms with Crippen LogP contribution < -0.4 is 5.32 Å². The van der Waals surface area contributed by atoms with E-state index in [9.17, 15) is 4.79 Å². The largest absolute Gasteiger partial charge is 0.384 e. The van der Waals surface area contributed by atoms with Crippen LogP contribution in [0, 0.1) is 5.41 Å². The van der Waals surface area contributed by atoms with Crippen LogP contribution in [0.25, 0.3) is 0 Å². The average molecular weight is 254 g/mol. The molecule has 0 bridgehead atoms. The highest BCUT2D eigenvalue weighted by Crippen LogP contribution is 2.31. The van der Waals surface area contributed by atoms with Gasteiger partial charge in [0.05, 0.1) is 12.0 Å². The van der Waals surface area contributed by atoms with Gasteiger partial charge < -0.3 is 15.0 Å². The predicted molar refractivity (Wildman–Crippen MR) is 71.4 cm³/mol. The van der Waals surface area contributed by atoms with Gasteiger partial charge in [-0.2, -0.15) is 0 Å². The van der Waals surface area contributed by atoms with E-state index in [1.54, 1.807) is 7.11 Å². The molecule has 104 valence electrons. The van der Waals surface area contributed by atoms with E-state index in [1.165, 1.54) is 32.1 Å². The van der Waals surface area contributed by atoms with Crippen LogP contribution in [0.3, 0.4) is 0 Å². The van der Waals surface area contributed by atoms with Crippen molar-refractivity contribution in [2.75, 3.05) is 33.9 Å². The summed E-state index contributed by atoms with van der Waals surface area (Å²) in [5.74, 6) is 0.279. The molecule has 2 fully saturated rings. The summed E-state index contributed by atoms with van der Waals surface area (Å²) in [7, 11) is 3.67. The topological polar surface area (TPSA) is 41.6 Å². The lowest BCUT2D eigenvalue weighted by molar-refractivity contribution is -0.145. The standard InChI is InChI=1S/C14H26N2O2/c1-16(12-6-4-3-5-7-12)13(17)14(11-18-2)8-9-15-10-14/h12,15H,3-11H2,1-2H3. The maximum absolute atomic E-state index is 12.8. The third kappa shape index (κ3) is 2.69. The van der Waals surface area contributed by atoms with Crippen LogP contribution >= 0.6 is 0 Å². The SMILES string of the molecule is COCC1(C(=O)N(C)C2CCCCC2)CCNC1. The van der Waals surface area contributed by atoms with Crippen molar-refractivity contribution in [2.24, 2.45) is 5.41 Å². The first kappa shape index (κ1) is 13.8. The number of carbonyl (C=O) groups excluding carboxylic acids is 1. The normalized spacial score (nSPS) is 29.4. The van der Waals surface area contributed by atoms with E-state index >= 15 is 0 Å². The van der Waals surface area contributed by atoms with Gasteiger partial charge in [0, 0.05) is 26.7 Å². The van der Waals surface area contributed by atoms with E-state index < -0.39 is 0 Å². The molecule has 1 amide bonds. The molecule has 1 aliphatic carbocycles. The van der Waals surface area contributed by atoms with Crippen molar-refractivity contribution in [1.29, 1.82) is 0 Å². The minimum Gasteiger partial charge on any atom is -0.384 e. The summed E-state index contributed by atoms with van der Waals surface area (Å²) in [5, 5.41) is 3.31. The van der Waals surface area contributed by atoms with E-state index in [-0.39, 0.29) is 11.3 Å². The Morgan fingerprint density at radius 2 is 2.11 bits per heavy atom. The molecule has 4 heteroatoms. The van der Waals surface area contributed by atoms with Gasteiger partial charge in [0.2, 0.25) is 5.91 Å². The highest BCUT2D eigenvalue weighted by molar-refractivity contribution is 5.83. The number of hydrogen-bond donors (Lipinski definition) is 1. The minimum absolute atomic E-state index is 0.279. The van der Waals surface area contributed by atoms with Crippen molar-refractivity contribution < 1.29 is 9.53 Å². The average Bonchev–Trinajstić information content (AvgIpc) is 2.88. The first-order chi connectivity index (χ1) is 8.69. The number of rotatable bonds is 4. The summed E-state index contributed by atoms with van der Waals surface area (Å²) in [6.07, 6.45) is 7.08. The summed E-state index contributed by atoms with van der Waals surface area (Å²) in [6.45, 7) is 2.22. The van der Waals surface area contributed by atoms with E-state index in [0.717, 1.165) is 19.5 Å². The van der Waals surface area contributed by atoms with Crippen LogP contribution in [-0.2, 0) is 9.53 Å². The molecule has 1 saturated heterocycles. The van der Waals surface area contributed by atoms with Gasteiger partial charge in [-0.1, -0.05) is 19.3 Å². The monoisotopic (exact) mass is 254 g/mol. The number of nitrogens with zero attached hydrogens (tertiary/aromatic N) is 1. The van der Waals surface area contributed by atoms with Gasteiger partial charge in [-0.3, -0.25) is 4.79 Å². The lowest BCUT2D eigenvalue weighted by Crippen LogP contribution is -2.50. The molecule has 1 unspecified atom stereocenters. The Bertz CT molecular complexity index is 282. The Labute approximate surface area is 110 Å². The van der Waals surface area contributed by atoms with E-state index in [0.29, 0.717) is 12.6 Å². The van der Waals surface area contributed by atoms with Gasteiger partial charge in [-0.25, -0.2) is 0 Å². The summed E-state index contributed by atoms with van der Waals surface area (Å²) in [6, 6.07) is 0.445. The van der Waals surface area contributed by atoms with Gasteiger partial charge in [0.1, 0.15) is 0 Å². The second-order valence-corrected chi connectivity index (χ2v) is 5.85. The molecule has 1 N–H and O–H groups in total. The fourth-order valence-electron chi connectivity index (χ4n) is 3.40. The molecule has 2 rings (SSSR count). The minimum atomic E-state index is -0.319. The fraction of sp³-hybridized carbons (Fsp3) is 0.929. The highest BCUT2D eigenvalue weighted by atomic mass is 16.5. The van der Waals surface area contributed by atoms with Crippen molar-refractivity contribution in [3.63, 3.8) is 0 Å². The number of ether oxygens (including phenoxy) is 1. The van der Waals surface area contributed by atoms with E-state index in [1.807, 2.05) is 11.9 Å². The second-order valence-electron chi connectivity index (χ2n) is 5.85. The maximum atomic E-state index is 12.8. The van der Waals surface area contributed by atoms with Gasteiger partial charge in [-0.05, 0) is 25.8 Å². The van der Waals surface area contributed by atoms with E-state index in [4.69, 9.17) is 4.74 Å². The Hall–Kier alpha value is -0.610. The van der Waals surface area contributed by atoms with Crippen LogP contribution in [0.2, 0.25) is 0 Å². The number of nitrogens with one attached hydrogen (secondary N) is 1. The molecule has 1 atom stereocenters. The zero-order chi connectivity index (χ0) is 13.0. The first-order valence-electron chi connectivity index (χ1n) is 7.16. The Morgan fingerprint density at radius 1 is 1.39 bits per heavy atom. The number of carbonyl (C=O) groups is 1. The molecule has 4 nitrogen and oxygen atoms in total. The molecule has 0 aromatic heterocycles. The second kappa shape index (κ2) is 6.02. The van der Waals surface area contributed by atoms with Crippen LogP contribution in [0.15, 0.2) is 0 Å². The molecular weight excluding hydrogens is 228 g/mol. The molecule has 0 aromatic carbocycles. The zero-order valence-corrected chi connectivity index (χ0v) is 11.7. The van der Waals surface area contributed by atoms with Crippen molar-refractivity contribution in [2.45, 2.75) is 44.6 Å². The smallest absolute Gasteiger partial charge is 0.232 e. The summed E-state index contributed by atoms with van der Waals surface area (Å²) < 4.78 is 5.30. The van der Waals surface area contributed by atoms with Gasteiger partial charge >= 0.3 is 0 Å². The van der Waals surface area contributed by atoms with E-state index in [2.05, 4.69) is 5.32 Å². The van der Waals surface area contributed by atoms with Crippen LogP contribution in [0.4, 0.5) is 0 Å². The molecule has 0 spiro atoms. The lowest BCUT2D eigenvalue weighted by Gasteiger charge is -2.37. The Kier molecular flexibility index (Phi) is 4.62. The molecule has 0 radical (unpaired) electrons. The number of hydrogen-bond acceptors (Lipinski definition) is 3. The molecule has 1 heterocycles. The third-order valence-corrected chi connectivity index (χ3v) is 4.56. The van der Waals surface area contributed by atoms with Crippen molar-refractivity contribution in [3.8, 4) is 0 Å². The zero-order valence-electron chi connectivity index (χ0n) is 11.7. The van der Waals surface area contributed by atoms with Crippen molar-refractivity contribution in [1.82, 2.24) is 10.2 Å². The van der Waals surface area contributed by atoms with Crippen LogP contribution in [0.1, 0.15) is 38.5 Å². The van der Waals surface area contributed by atoms with Crippen molar-refractivity contribution in [3.05, 3.63) is 0 Å². The van der Waals surface area contributed by atoms with Crippen LogP contribution in [0.5, 0.6) is 0 Å². The third-order valence-electron chi connectivity index (χ3n) is 4.56. The molecule has 2 aliphatic rings. The molecule has 1 saturated carbocycles. The van der Waals surface area contributed by atoms with Gasteiger partial charge in [0.25, 0.3) is 0 Å². The molecular formula is C14H26N2O2. The molecule has 1 aliphatic heterocycles. The van der Waals surface area contributed by atoms with Gasteiger partial charge in [-0.15, -0.1) is 0 Å². The quantitative estimate of drug-likeness (QED) is 0.824.